The molecule has 0 aliphatic heterocycles. The van der Waals surface area contributed by atoms with E-state index in [1.807, 2.05) is 4.72 Å². The summed E-state index contributed by atoms with van der Waals surface area (Å²) >= 11 is 11.4. The second kappa shape index (κ2) is 8.74. The van der Waals surface area contributed by atoms with Crippen molar-refractivity contribution >= 4 is 44.7 Å². The van der Waals surface area contributed by atoms with Gasteiger partial charge in [-0.1, -0.05) is 23.2 Å². The third-order valence-corrected chi connectivity index (χ3v) is 5.92. The number of nitrogens with one attached hydrogen (secondary N) is 1. The monoisotopic (exact) mass is 500 g/mol. The van der Waals surface area contributed by atoms with Gasteiger partial charge in [-0.2, -0.15) is 18.4 Å². The molecule has 0 saturated heterocycles. The van der Waals surface area contributed by atoms with Crippen LogP contribution in [0.3, 0.4) is 0 Å². The molecule has 0 fully saturated rings. The number of aromatic nitrogens is 2. The lowest BCUT2D eigenvalue weighted by atomic mass is 10.1. The van der Waals surface area contributed by atoms with Crippen molar-refractivity contribution in [3.63, 3.8) is 0 Å². The number of nitriles is 1. The number of benzene rings is 1. The number of pyridine rings is 2. The topological polar surface area (TPSA) is 113 Å². The number of hydrogen-bond donors (Lipinski definition) is 1. The first-order valence-corrected chi connectivity index (χ1v) is 10.6. The highest BCUT2D eigenvalue weighted by atomic mass is 35.5. The average Bonchev–Trinajstić information content (AvgIpc) is 2.72. The van der Waals surface area contributed by atoms with E-state index < -0.39 is 48.8 Å². The third kappa shape index (κ3) is 4.83. The van der Waals surface area contributed by atoms with E-state index in [2.05, 4.69) is 9.97 Å². The number of sulfonamides is 1. The standard InChI is InChI=1S/C19H9Cl2F3N4O3S/c20-10-6-15(17(27-9-10)18(29)12-2-1-5-26-16(12)8-25)28-32(30,31)11-3-4-14(21)13(7-11)19(22,23)24/h1-7,9,28H. The minimum Gasteiger partial charge on any atom is -0.287 e. The molecule has 0 amide bonds. The van der Waals surface area contributed by atoms with Crippen LogP contribution in [-0.4, -0.2) is 24.2 Å². The van der Waals surface area contributed by atoms with Crippen LogP contribution in [-0.2, 0) is 16.2 Å². The van der Waals surface area contributed by atoms with Crippen LogP contribution in [0.2, 0.25) is 10.0 Å². The maximum atomic E-state index is 13.1. The van der Waals surface area contributed by atoms with E-state index >= 15 is 0 Å². The van der Waals surface area contributed by atoms with Crippen LogP contribution in [0.1, 0.15) is 27.3 Å². The fourth-order valence-electron chi connectivity index (χ4n) is 2.60. The summed E-state index contributed by atoms with van der Waals surface area (Å²) in [5, 5.41) is 8.42. The average molecular weight is 501 g/mol. The molecule has 13 heteroatoms. The van der Waals surface area contributed by atoms with Gasteiger partial charge in [0.15, 0.2) is 5.69 Å². The number of ketones is 1. The Morgan fingerprint density at radius 3 is 2.50 bits per heavy atom. The van der Waals surface area contributed by atoms with Crippen LogP contribution in [0.25, 0.3) is 0 Å². The van der Waals surface area contributed by atoms with Gasteiger partial charge in [-0.15, -0.1) is 0 Å². The van der Waals surface area contributed by atoms with Crippen LogP contribution in [0, 0.1) is 11.3 Å². The van der Waals surface area contributed by atoms with Crippen LogP contribution in [0.4, 0.5) is 18.9 Å². The molecule has 0 aliphatic rings. The van der Waals surface area contributed by atoms with Crippen LogP contribution in [0.15, 0.2) is 53.7 Å². The van der Waals surface area contributed by atoms with Crippen molar-refractivity contribution in [3.8, 4) is 6.07 Å². The van der Waals surface area contributed by atoms with Gasteiger partial charge in [-0.25, -0.2) is 18.4 Å². The lowest BCUT2D eigenvalue weighted by Gasteiger charge is -2.14. The van der Waals surface area contributed by atoms with E-state index in [-0.39, 0.29) is 16.3 Å². The smallest absolute Gasteiger partial charge is 0.287 e. The molecule has 3 aromatic rings. The molecule has 0 aliphatic carbocycles. The van der Waals surface area contributed by atoms with Crippen LogP contribution >= 0.6 is 23.2 Å². The van der Waals surface area contributed by atoms with Crippen LogP contribution in [0.5, 0.6) is 0 Å². The molecule has 1 N–H and O–H groups in total. The van der Waals surface area contributed by atoms with Gasteiger partial charge in [0.2, 0.25) is 5.78 Å². The lowest BCUT2D eigenvalue weighted by molar-refractivity contribution is -0.137. The highest BCUT2D eigenvalue weighted by Gasteiger charge is 2.35. The van der Waals surface area contributed by atoms with Crippen molar-refractivity contribution in [2.24, 2.45) is 0 Å². The first kappa shape index (κ1) is 23.5. The molecule has 164 valence electrons. The molecule has 2 aromatic heterocycles. The maximum absolute atomic E-state index is 13.1. The second-order valence-corrected chi connectivity index (χ2v) is 8.66. The number of hydrogen-bond acceptors (Lipinski definition) is 6. The number of rotatable bonds is 5. The third-order valence-electron chi connectivity index (χ3n) is 4.03. The fourth-order valence-corrected chi connectivity index (χ4v) is 4.06. The Labute approximate surface area is 189 Å². The van der Waals surface area contributed by atoms with E-state index in [1.165, 1.54) is 18.3 Å². The lowest BCUT2D eigenvalue weighted by Crippen LogP contribution is -2.18. The number of nitrogens with zero attached hydrogens (tertiary/aromatic N) is 3. The van der Waals surface area contributed by atoms with Crippen LogP contribution < -0.4 is 4.72 Å². The normalized spacial score (nSPS) is 11.6. The Morgan fingerprint density at radius 1 is 1.12 bits per heavy atom. The highest BCUT2D eigenvalue weighted by molar-refractivity contribution is 7.92. The molecule has 1 aromatic carbocycles. The first-order chi connectivity index (χ1) is 14.9. The SMILES string of the molecule is N#Cc1ncccc1C(=O)c1ncc(Cl)cc1NS(=O)(=O)c1ccc(Cl)c(C(F)(F)F)c1. The highest BCUT2D eigenvalue weighted by Crippen LogP contribution is 2.36. The number of halogens is 5. The maximum Gasteiger partial charge on any atom is 0.417 e. The van der Waals surface area contributed by atoms with Gasteiger partial charge in [-0.05, 0) is 36.4 Å². The Bertz CT molecular complexity index is 1370. The van der Waals surface area contributed by atoms with E-state index in [4.69, 9.17) is 28.5 Å². The molecule has 0 radical (unpaired) electrons. The van der Waals surface area contributed by atoms with E-state index in [0.717, 1.165) is 24.4 Å². The summed E-state index contributed by atoms with van der Waals surface area (Å²) in [5.74, 6) is -0.851. The molecule has 0 bridgehead atoms. The van der Waals surface area contributed by atoms with Crippen molar-refractivity contribution in [3.05, 3.63) is 81.4 Å². The quantitative estimate of drug-likeness (QED) is 0.507. The van der Waals surface area contributed by atoms with Gasteiger partial charge in [-0.3, -0.25) is 9.52 Å². The van der Waals surface area contributed by atoms with Gasteiger partial charge in [0.25, 0.3) is 10.0 Å². The largest absolute Gasteiger partial charge is 0.417 e. The molecular weight excluding hydrogens is 492 g/mol. The summed E-state index contributed by atoms with van der Waals surface area (Å²) in [6.45, 7) is 0. The minimum atomic E-state index is -4.89. The molecule has 0 unspecified atom stereocenters. The van der Waals surface area contributed by atoms with Crippen molar-refractivity contribution in [1.29, 1.82) is 5.26 Å². The summed E-state index contributed by atoms with van der Waals surface area (Å²) in [4.78, 5) is 19.7. The van der Waals surface area contributed by atoms with E-state index in [0.29, 0.717) is 6.07 Å². The van der Waals surface area contributed by atoms with Gasteiger partial charge < -0.3 is 0 Å². The zero-order valence-corrected chi connectivity index (χ0v) is 17.8. The summed E-state index contributed by atoms with van der Waals surface area (Å²) in [7, 11) is -4.62. The van der Waals surface area contributed by atoms with E-state index in [9.17, 15) is 26.4 Å². The second-order valence-electron chi connectivity index (χ2n) is 6.14. The summed E-state index contributed by atoms with van der Waals surface area (Å²) in [6.07, 6.45) is -2.54. The van der Waals surface area contributed by atoms with E-state index in [1.54, 1.807) is 6.07 Å². The summed E-state index contributed by atoms with van der Waals surface area (Å²) in [6, 6.07) is 7.49. The molecule has 3 rings (SSSR count). The Balaban J connectivity index is 2.08. The van der Waals surface area contributed by atoms with Gasteiger partial charge in [0, 0.05) is 12.4 Å². The Kier molecular flexibility index (Phi) is 6.41. The van der Waals surface area contributed by atoms with Crippen molar-refractivity contribution in [2.75, 3.05) is 4.72 Å². The van der Waals surface area contributed by atoms with Gasteiger partial charge in [0.1, 0.15) is 11.8 Å². The molecule has 32 heavy (non-hydrogen) atoms. The molecule has 0 spiro atoms. The minimum absolute atomic E-state index is 0.0574. The Hall–Kier alpha value is -3.20. The first-order valence-electron chi connectivity index (χ1n) is 8.39. The van der Waals surface area contributed by atoms with Crippen molar-refractivity contribution in [1.82, 2.24) is 9.97 Å². The zero-order valence-electron chi connectivity index (χ0n) is 15.5. The molecule has 2 heterocycles. The van der Waals surface area contributed by atoms with Gasteiger partial charge in [0.05, 0.1) is 31.8 Å². The number of carbonyl (C=O) groups is 1. The predicted molar refractivity (Wildman–Crippen MR) is 109 cm³/mol. The Morgan fingerprint density at radius 2 is 1.84 bits per heavy atom. The molecule has 0 atom stereocenters. The number of anilines is 1. The molecule has 0 saturated carbocycles. The number of alkyl halides is 3. The summed E-state index contributed by atoms with van der Waals surface area (Å²) in [5.41, 5.74) is -2.57. The number of carbonyl (C=O) groups excluding carboxylic acids is 1. The molecule has 7 nitrogen and oxygen atoms in total. The van der Waals surface area contributed by atoms with Crippen molar-refractivity contribution in [2.45, 2.75) is 11.1 Å². The molecular formula is C19H9Cl2F3N4O3S. The fraction of sp³-hybridized carbons (Fsp3) is 0.0526. The van der Waals surface area contributed by atoms with Crippen molar-refractivity contribution < 1.29 is 26.4 Å². The summed E-state index contributed by atoms with van der Waals surface area (Å²) < 4.78 is 66.9. The zero-order chi connectivity index (χ0) is 23.7. The van der Waals surface area contributed by atoms with Gasteiger partial charge >= 0.3 is 6.18 Å². The predicted octanol–water partition coefficient (Wildman–Crippen LogP) is 4.71.